The molecule has 1 heterocycles. The SMILES string of the molecule is CC(Nc1ccc(C(N)=O)cc1)c1nc2ccccc2s1. The number of rotatable bonds is 4. The van der Waals surface area contributed by atoms with E-state index >= 15 is 0 Å². The number of para-hydroxylation sites is 1. The first-order chi connectivity index (χ1) is 10.1. The lowest BCUT2D eigenvalue weighted by Gasteiger charge is -2.12. The van der Waals surface area contributed by atoms with E-state index in [9.17, 15) is 4.79 Å². The first-order valence-corrected chi connectivity index (χ1v) is 7.47. The van der Waals surface area contributed by atoms with Crippen LogP contribution in [0.15, 0.2) is 48.5 Å². The number of aromatic nitrogens is 1. The Kier molecular flexibility index (Phi) is 3.58. The third kappa shape index (κ3) is 2.87. The van der Waals surface area contributed by atoms with Gasteiger partial charge in [0.25, 0.3) is 0 Å². The van der Waals surface area contributed by atoms with E-state index in [2.05, 4.69) is 23.3 Å². The Morgan fingerprint density at radius 2 is 1.90 bits per heavy atom. The molecule has 2 aromatic carbocycles. The van der Waals surface area contributed by atoms with Crippen LogP contribution in [0.5, 0.6) is 0 Å². The Hall–Kier alpha value is -2.40. The summed E-state index contributed by atoms with van der Waals surface area (Å²) >= 11 is 1.68. The highest BCUT2D eigenvalue weighted by Crippen LogP contribution is 2.28. The van der Waals surface area contributed by atoms with Crippen LogP contribution in [0.2, 0.25) is 0 Å². The summed E-state index contributed by atoms with van der Waals surface area (Å²) in [6.07, 6.45) is 0. The molecule has 3 N–H and O–H groups in total. The summed E-state index contributed by atoms with van der Waals surface area (Å²) in [5.41, 5.74) is 7.70. The predicted octanol–water partition coefficient (Wildman–Crippen LogP) is 3.57. The summed E-state index contributed by atoms with van der Waals surface area (Å²) in [6, 6.07) is 15.3. The minimum Gasteiger partial charge on any atom is -0.376 e. The average Bonchev–Trinajstić information content (AvgIpc) is 2.92. The van der Waals surface area contributed by atoms with Gasteiger partial charge >= 0.3 is 0 Å². The monoisotopic (exact) mass is 297 g/mol. The lowest BCUT2D eigenvalue weighted by molar-refractivity contribution is 0.100. The van der Waals surface area contributed by atoms with Gasteiger partial charge in [-0.15, -0.1) is 11.3 Å². The fourth-order valence-electron chi connectivity index (χ4n) is 2.12. The van der Waals surface area contributed by atoms with Crippen molar-refractivity contribution < 1.29 is 4.79 Å². The van der Waals surface area contributed by atoms with Gasteiger partial charge in [0.2, 0.25) is 5.91 Å². The zero-order chi connectivity index (χ0) is 14.8. The summed E-state index contributed by atoms with van der Waals surface area (Å²) in [5, 5.41) is 4.42. The number of hydrogen-bond acceptors (Lipinski definition) is 4. The lowest BCUT2D eigenvalue weighted by Crippen LogP contribution is -2.11. The van der Waals surface area contributed by atoms with E-state index in [-0.39, 0.29) is 6.04 Å². The van der Waals surface area contributed by atoms with Crippen molar-refractivity contribution in [2.24, 2.45) is 5.73 Å². The molecule has 21 heavy (non-hydrogen) atoms. The molecule has 3 aromatic rings. The number of amides is 1. The third-order valence-electron chi connectivity index (χ3n) is 3.23. The number of benzene rings is 2. The maximum atomic E-state index is 11.0. The molecule has 0 saturated carbocycles. The number of carbonyl (C=O) groups is 1. The minimum atomic E-state index is -0.416. The van der Waals surface area contributed by atoms with Crippen LogP contribution in [0.4, 0.5) is 5.69 Å². The predicted molar refractivity (Wildman–Crippen MR) is 86.6 cm³/mol. The molecule has 0 aliphatic heterocycles. The highest BCUT2D eigenvalue weighted by atomic mass is 32.1. The molecular formula is C16H15N3OS. The zero-order valence-corrected chi connectivity index (χ0v) is 12.4. The fraction of sp³-hybridized carbons (Fsp3) is 0.125. The fourth-order valence-corrected chi connectivity index (χ4v) is 3.09. The first kappa shape index (κ1) is 13.6. The second-order valence-electron chi connectivity index (χ2n) is 4.83. The van der Waals surface area contributed by atoms with Gasteiger partial charge in [-0.3, -0.25) is 4.79 Å². The minimum absolute atomic E-state index is 0.0989. The van der Waals surface area contributed by atoms with E-state index < -0.39 is 5.91 Å². The van der Waals surface area contributed by atoms with Gasteiger partial charge in [-0.25, -0.2) is 4.98 Å². The molecule has 1 amide bonds. The molecule has 0 radical (unpaired) electrons. The standard InChI is InChI=1S/C16H15N3OS/c1-10(16-19-13-4-2-3-5-14(13)21-16)18-12-8-6-11(7-9-12)15(17)20/h2-10,18H,1H3,(H2,17,20). The number of anilines is 1. The number of thiazole rings is 1. The zero-order valence-electron chi connectivity index (χ0n) is 11.5. The number of primary amides is 1. The van der Waals surface area contributed by atoms with Crippen LogP contribution < -0.4 is 11.1 Å². The lowest BCUT2D eigenvalue weighted by atomic mass is 10.2. The molecule has 0 aliphatic carbocycles. The quantitative estimate of drug-likeness (QED) is 0.773. The summed E-state index contributed by atoms with van der Waals surface area (Å²) < 4.78 is 1.19. The van der Waals surface area contributed by atoms with Crippen LogP contribution in [-0.2, 0) is 0 Å². The van der Waals surface area contributed by atoms with Crippen LogP contribution in [0.1, 0.15) is 28.3 Å². The molecule has 0 spiro atoms. The van der Waals surface area contributed by atoms with Crippen LogP contribution in [0.25, 0.3) is 10.2 Å². The number of hydrogen-bond donors (Lipinski definition) is 2. The van der Waals surface area contributed by atoms with Crippen LogP contribution in [0.3, 0.4) is 0 Å². The first-order valence-electron chi connectivity index (χ1n) is 6.65. The molecule has 0 bridgehead atoms. The molecule has 1 unspecified atom stereocenters. The summed E-state index contributed by atoms with van der Waals surface area (Å²) in [7, 11) is 0. The highest BCUT2D eigenvalue weighted by Gasteiger charge is 2.11. The van der Waals surface area contributed by atoms with E-state index in [0.717, 1.165) is 16.2 Å². The van der Waals surface area contributed by atoms with E-state index in [4.69, 9.17) is 5.73 Å². The smallest absolute Gasteiger partial charge is 0.248 e. The van der Waals surface area contributed by atoms with Gasteiger partial charge in [0.15, 0.2) is 0 Å². The molecule has 0 aliphatic rings. The molecule has 106 valence electrons. The van der Waals surface area contributed by atoms with Crippen molar-refractivity contribution in [2.75, 3.05) is 5.32 Å². The Labute approximate surface area is 126 Å². The Morgan fingerprint density at radius 1 is 1.19 bits per heavy atom. The van der Waals surface area contributed by atoms with E-state index in [1.165, 1.54) is 4.70 Å². The van der Waals surface area contributed by atoms with Crippen LogP contribution in [-0.4, -0.2) is 10.9 Å². The van der Waals surface area contributed by atoms with E-state index in [0.29, 0.717) is 5.56 Å². The molecular weight excluding hydrogens is 282 g/mol. The van der Waals surface area contributed by atoms with Crippen LogP contribution in [0, 0.1) is 0 Å². The summed E-state index contributed by atoms with van der Waals surface area (Å²) in [5.74, 6) is -0.416. The molecule has 4 nitrogen and oxygen atoms in total. The van der Waals surface area contributed by atoms with Crippen LogP contribution >= 0.6 is 11.3 Å². The third-order valence-corrected chi connectivity index (χ3v) is 4.45. The molecule has 3 rings (SSSR count). The van der Waals surface area contributed by atoms with Crippen molar-refractivity contribution in [3.63, 3.8) is 0 Å². The number of nitrogens with two attached hydrogens (primary N) is 1. The van der Waals surface area contributed by atoms with Gasteiger partial charge in [-0.2, -0.15) is 0 Å². The summed E-state index contributed by atoms with van der Waals surface area (Å²) in [6.45, 7) is 2.07. The molecule has 5 heteroatoms. The maximum Gasteiger partial charge on any atom is 0.248 e. The van der Waals surface area contributed by atoms with Gasteiger partial charge in [-0.05, 0) is 43.3 Å². The molecule has 0 saturated heterocycles. The van der Waals surface area contributed by atoms with Gasteiger partial charge in [0.1, 0.15) is 5.01 Å². The largest absolute Gasteiger partial charge is 0.376 e. The summed E-state index contributed by atoms with van der Waals surface area (Å²) in [4.78, 5) is 15.7. The van der Waals surface area contributed by atoms with Gasteiger partial charge in [0.05, 0.1) is 16.3 Å². The van der Waals surface area contributed by atoms with Gasteiger partial charge < -0.3 is 11.1 Å². The Balaban J connectivity index is 1.78. The van der Waals surface area contributed by atoms with Crippen molar-refractivity contribution in [3.05, 3.63) is 59.1 Å². The van der Waals surface area contributed by atoms with Gasteiger partial charge in [-0.1, -0.05) is 12.1 Å². The number of nitrogens with zero attached hydrogens (tertiary/aromatic N) is 1. The van der Waals surface area contributed by atoms with Crippen molar-refractivity contribution in [3.8, 4) is 0 Å². The van der Waals surface area contributed by atoms with Crippen molar-refractivity contribution in [2.45, 2.75) is 13.0 Å². The van der Waals surface area contributed by atoms with Crippen molar-refractivity contribution >= 4 is 33.1 Å². The van der Waals surface area contributed by atoms with Crippen molar-refractivity contribution in [1.82, 2.24) is 4.98 Å². The normalized spacial score (nSPS) is 12.2. The number of fused-ring (bicyclic) bond motifs is 1. The molecule has 1 aromatic heterocycles. The second kappa shape index (κ2) is 5.54. The number of nitrogens with one attached hydrogen (secondary N) is 1. The molecule has 1 atom stereocenters. The maximum absolute atomic E-state index is 11.0. The second-order valence-corrected chi connectivity index (χ2v) is 5.89. The number of carbonyl (C=O) groups excluding carboxylic acids is 1. The molecule has 0 fully saturated rings. The van der Waals surface area contributed by atoms with E-state index in [1.54, 1.807) is 23.5 Å². The highest BCUT2D eigenvalue weighted by molar-refractivity contribution is 7.18. The van der Waals surface area contributed by atoms with E-state index in [1.807, 2.05) is 30.3 Å². The Morgan fingerprint density at radius 3 is 2.57 bits per heavy atom. The average molecular weight is 297 g/mol. The topological polar surface area (TPSA) is 68.0 Å². The van der Waals surface area contributed by atoms with Crippen molar-refractivity contribution in [1.29, 1.82) is 0 Å². The van der Waals surface area contributed by atoms with Gasteiger partial charge in [0, 0.05) is 11.3 Å². The Bertz CT molecular complexity index is 747.